The summed E-state index contributed by atoms with van der Waals surface area (Å²) in [5.41, 5.74) is 2.97. The quantitative estimate of drug-likeness (QED) is 0.713. The smallest absolute Gasteiger partial charge is 0.252 e. The number of ether oxygens (including phenoxy) is 2. The average Bonchev–Trinajstić information content (AvgIpc) is 2.60. The molecule has 0 amide bonds. The first-order valence-corrected chi connectivity index (χ1v) is 8.41. The third-order valence-corrected chi connectivity index (χ3v) is 4.99. The summed E-state index contributed by atoms with van der Waals surface area (Å²) in [7, 11) is 3.17. The summed E-state index contributed by atoms with van der Waals surface area (Å²) in [6, 6.07) is 8.96. The summed E-state index contributed by atoms with van der Waals surface area (Å²) >= 11 is 12.0. The molecule has 25 heavy (non-hydrogen) atoms. The van der Waals surface area contributed by atoms with Gasteiger partial charge >= 0.3 is 0 Å². The topological polar surface area (TPSA) is 51.3 Å². The average molecular weight is 378 g/mol. The highest BCUT2D eigenvalue weighted by molar-refractivity contribution is 6.42. The maximum Gasteiger partial charge on any atom is 0.252 e. The minimum Gasteiger partial charge on any atom is -0.497 e. The third-order valence-electron chi connectivity index (χ3n) is 4.25. The Bertz CT molecular complexity index is 1010. The van der Waals surface area contributed by atoms with Crippen molar-refractivity contribution in [2.24, 2.45) is 0 Å². The van der Waals surface area contributed by atoms with E-state index in [0.717, 1.165) is 16.5 Å². The lowest BCUT2D eigenvalue weighted by molar-refractivity contribution is 0.397. The van der Waals surface area contributed by atoms with Gasteiger partial charge in [0.05, 0.1) is 29.8 Å². The Balaban J connectivity index is 2.18. The number of aromatic amines is 1. The SMILES string of the molecule is COc1cc(OC)c2c(C)c(Cc3ccc(Cl)c(Cl)c3)c(=O)[nH]c2c1. The van der Waals surface area contributed by atoms with Gasteiger partial charge in [-0.15, -0.1) is 0 Å². The number of aromatic nitrogens is 1. The molecule has 130 valence electrons. The van der Waals surface area contributed by atoms with E-state index in [4.69, 9.17) is 32.7 Å². The lowest BCUT2D eigenvalue weighted by Gasteiger charge is -2.14. The Labute approximate surface area is 155 Å². The van der Waals surface area contributed by atoms with Crippen LogP contribution >= 0.6 is 23.2 Å². The standard InChI is InChI=1S/C19H17Cl2NO3/c1-10-13(6-11-4-5-14(20)15(21)7-11)19(23)22-16-8-12(24-2)9-17(25-3)18(10)16/h4-5,7-9H,6H2,1-3H3,(H,22,23). The van der Waals surface area contributed by atoms with Crippen LogP contribution in [0.1, 0.15) is 16.7 Å². The van der Waals surface area contributed by atoms with Gasteiger partial charge in [-0.05, 0) is 30.2 Å². The van der Waals surface area contributed by atoms with E-state index in [-0.39, 0.29) is 5.56 Å². The highest BCUT2D eigenvalue weighted by Gasteiger charge is 2.15. The lowest BCUT2D eigenvalue weighted by atomic mass is 9.98. The van der Waals surface area contributed by atoms with Gasteiger partial charge in [0.15, 0.2) is 0 Å². The van der Waals surface area contributed by atoms with Crippen LogP contribution in [0, 0.1) is 6.92 Å². The van der Waals surface area contributed by atoms with Crippen molar-refractivity contribution in [2.75, 3.05) is 14.2 Å². The van der Waals surface area contributed by atoms with Crippen molar-refractivity contribution in [1.82, 2.24) is 4.98 Å². The van der Waals surface area contributed by atoms with Crippen molar-refractivity contribution >= 4 is 34.1 Å². The Morgan fingerprint density at radius 1 is 1.04 bits per heavy atom. The van der Waals surface area contributed by atoms with Crippen LogP contribution in [0.25, 0.3) is 10.9 Å². The van der Waals surface area contributed by atoms with E-state index in [0.29, 0.717) is 39.0 Å². The molecular weight excluding hydrogens is 361 g/mol. The fourth-order valence-corrected chi connectivity index (χ4v) is 3.26. The number of rotatable bonds is 4. The molecule has 0 saturated heterocycles. The van der Waals surface area contributed by atoms with Crippen LogP contribution in [-0.4, -0.2) is 19.2 Å². The van der Waals surface area contributed by atoms with Gasteiger partial charge in [0.25, 0.3) is 5.56 Å². The first-order valence-electron chi connectivity index (χ1n) is 7.66. The van der Waals surface area contributed by atoms with E-state index in [1.54, 1.807) is 38.5 Å². The number of nitrogens with one attached hydrogen (secondary N) is 1. The van der Waals surface area contributed by atoms with Gasteiger partial charge in [-0.2, -0.15) is 0 Å². The number of hydrogen-bond acceptors (Lipinski definition) is 3. The molecule has 1 N–H and O–H groups in total. The monoisotopic (exact) mass is 377 g/mol. The van der Waals surface area contributed by atoms with Gasteiger partial charge in [-0.1, -0.05) is 29.3 Å². The maximum atomic E-state index is 12.6. The fraction of sp³-hybridized carbons (Fsp3) is 0.211. The van der Waals surface area contributed by atoms with Crippen molar-refractivity contribution < 1.29 is 9.47 Å². The Kier molecular flexibility index (Phi) is 4.93. The Morgan fingerprint density at radius 3 is 2.44 bits per heavy atom. The fourth-order valence-electron chi connectivity index (χ4n) is 2.94. The van der Waals surface area contributed by atoms with Crippen molar-refractivity contribution in [2.45, 2.75) is 13.3 Å². The van der Waals surface area contributed by atoms with Gasteiger partial charge in [0, 0.05) is 29.5 Å². The van der Waals surface area contributed by atoms with Crippen molar-refractivity contribution in [3.8, 4) is 11.5 Å². The van der Waals surface area contributed by atoms with Gasteiger partial charge in [-0.25, -0.2) is 0 Å². The number of pyridine rings is 1. The summed E-state index contributed by atoms with van der Waals surface area (Å²) in [5, 5.41) is 1.82. The second-order valence-electron chi connectivity index (χ2n) is 5.74. The van der Waals surface area contributed by atoms with Crippen molar-refractivity contribution in [3.63, 3.8) is 0 Å². The summed E-state index contributed by atoms with van der Waals surface area (Å²) in [4.78, 5) is 15.5. The van der Waals surface area contributed by atoms with Crippen LogP contribution < -0.4 is 15.0 Å². The van der Waals surface area contributed by atoms with Crippen LogP contribution in [0.5, 0.6) is 11.5 Å². The first kappa shape index (κ1) is 17.6. The molecular formula is C19H17Cl2NO3. The van der Waals surface area contributed by atoms with Gasteiger partial charge in [0.2, 0.25) is 0 Å². The van der Waals surface area contributed by atoms with Gasteiger partial charge < -0.3 is 14.5 Å². The van der Waals surface area contributed by atoms with Crippen LogP contribution in [0.4, 0.5) is 0 Å². The molecule has 0 aliphatic heterocycles. The van der Waals surface area contributed by atoms with Gasteiger partial charge in [-0.3, -0.25) is 4.79 Å². The number of hydrogen-bond donors (Lipinski definition) is 1. The molecule has 4 nitrogen and oxygen atoms in total. The Hall–Kier alpha value is -2.17. The molecule has 0 unspecified atom stereocenters. The minimum atomic E-state index is -0.147. The lowest BCUT2D eigenvalue weighted by Crippen LogP contribution is -2.16. The van der Waals surface area contributed by atoms with Crippen LogP contribution in [-0.2, 0) is 6.42 Å². The van der Waals surface area contributed by atoms with E-state index in [1.165, 1.54) is 0 Å². The molecule has 3 rings (SSSR count). The normalized spacial score (nSPS) is 10.9. The molecule has 1 aromatic heterocycles. The van der Waals surface area contributed by atoms with Gasteiger partial charge in [0.1, 0.15) is 11.5 Å². The minimum absolute atomic E-state index is 0.147. The summed E-state index contributed by atoms with van der Waals surface area (Å²) in [6.45, 7) is 1.92. The van der Waals surface area contributed by atoms with E-state index in [2.05, 4.69) is 4.98 Å². The molecule has 0 spiro atoms. The molecule has 0 bridgehead atoms. The molecule has 0 aliphatic rings. The number of fused-ring (bicyclic) bond motifs is 1. The molecule has 1 heterocycles. The molecule has 0 saturated carbocycles. The third kappa shape index (κ3) is 3.32. The maximum absolute atomic E-state index is 12.6. The summed E-state index contributed by atoms with van der Waals surface area (Å²) < 4.78 is 10.8. The van der Waals surface area contributed by atoms with Crippen molar-refractivity contribution in [3.05, 3.63) is 67.4 Å². The van der Waals surface area contributed by atoms with Crippen LogP contribution in [0.2, 0.25) is 10.0 Å². The molecule has 0 radical (unpaired) electrons. The number of H-pyrrole nitrogens is 1. The van der Waals surface area contributed by atoms with E-state index in [1.807, 2.05) is 13.0 Å². The second-order valence-corrected chi connectivity index (χ2v) is 6.55. The molecule has 2 aromatic carbocycles. The van der Waals surface area contributed by atoms with E-state index < -0.39 is 0 Å². The summed E-state index contributed by atoms with van der Waals surface area (Å²) in [5.74, 6) is 1.27. The number of benzene rings is 2. The van der Waals surface area contributed by atoms with Crippen molar-refractivity contribution in [1.29, 1.82) is 0 Å². The molecule has 6 heteroatoms. The predicted octanol–water partition coefficient (Wildman–Crippen LogP) is 4.75. The first-order chi connectivity index (χ1) is 11.9. The van der Waals surface area contributed by atoms with Crippen LogP contribution in [0.15, 0.2) is 35.1 Å². The number of halogens is 2. The number of aryl methyl sites for hydroxylation is 1. The van der Waals surface area contributed by atoms with E-state index >= 15 is 0 Å². The summed E-state index contributed by atoms with van der Waals surface area (Å²) in [6.07, 6.45) is 0.448. The number of methoxy groups -OCH3 is 2. The zero-order valence-corrected chi connectivity index (χ0v) is 15.6. The molecule has 0 atom stereocenters. The predicted molar refractivity (Wildman–Crippen MR) is 102 cm³/mol. The highest BCUT2D eigenvalue weighted by Crippen LogP contribution is 2.33. The second kappa shape index (κ2) is 6.98. The molecule has 3 aromatic rings. The zero-order chi connectivity index (χ0) is 18.1. The molecule has 0 aliphatic carbocycles. The zero-order valence-electron chi connectivity index (χ0n) is 14.1. The highest BCUT2D eigenvalue weighted by atomic mass is 35.5. The Morgan fingerprint density at radius 2 is 1.80 bits per heavy atom. The largest absolute Gasteiger partial charge is 0.497 e. The molecule has 0 fully saturated rings. The van der Waals surface area contributed by atoms with Crippen LogP contribution in [0.3, 0.4) is 0 Å². The van der Waals surface area contributed by atoms with E-state index in [9.17, 15) is 4.79 Å².